The van der Waals surface area contributed by atoms with Crippen molar-refractivity contribution in [2.45, 2.75) is 27.7 Å². The smallest absolute Gasteiger partial charge is 0.166 e. The van der Waals surface area contributed by atoms with Crippen LogP contribution in [0.15, 0.2) is 18.2 Å². The zero-order chi connectivity index (χ0) is 15.7. The molecule has 21 heavy (non-hydrogen) atoms. The van der Waals surface area contributed by atoms with E-state index in [1.165, 1.54) is 5.56 Å². The summed E-state index contributed by atoms with van der Waals surface area (Å²) in [5.74, 6) is 0.620. The fourth-order valence-corrected chi connectivity index (χ4v) is 2.45. The van der Waals surface area contributed by atoms with Gasteiger partial charge in [-0.25, -0.2) is 0 Å². The predicted molar refractivity (Wildman–Crippen MR) is 86.5 cm³/mol. The Morgan fingerprint density at radius 3 is 2.38 bits per heavy atom. The number of hydrogen-bond donors (Lipinski definition) is 2. The molecular weight excluding hydrogens is 262 g/mol. The molecule has 0 spiro atoms. The number of anilines is 2. The van der Waals surface area contributed by atoms with Crippen LogP contribution in [-0.2, 0) is 0 Å². The molecule has 5 heteroatoms. The SMILES string of the molecule is Cc1ccc(N(C)c2nnc(C)c(C)c2C(=N)N)c(C)c1. The van der Waals surface area contributed by atoms with Crippen LogP contribution in [-0.4, -0.2) is 23.1 Å². The van der Waals surface area contributed by atoms with E-state index in [0.29, 0.717) is 11.4 Å². The molecule has 0 unspecified atom stereocenters. The third kappa shape index (κ3) is 2.72. The molecule has 0 bridgehead atoms. The number of nitrogens with one attached hydrogen (secondary N) is 1. The first kappa shape index (κ1) is 15.0. The summed E-state index contributed by atoms with van der Waals surface area (Å²) < 4.78 is 0. The number of benzene rings is 1. The zero-order valence-electron chi connectivity index (χ0n) is 13.2. The molecule has 0 saturated heterocycles. The van der Waals surface area contributed by atoms with E-state index in [0.717, 1.165) is 22.5 Å². The molecular formula is C16H21N5. The molecule has 110 valence electrons. The molecule has 0 atom stereocenters. The summed E-state index contributed by atoms with van der Waals surface area (Å²) in [6, 6.07) is 6.22. The molecule has 2 rings (SSSR count). The molecule has 3 N–H and O–H groups in total. The minimum atomic E-state index is 0.0112. The summed E-state index contributed by atoms with van der Waals surface area (Å²) in [7, 11) is 1.92. The maximum atomic E-state index is 7.84. The van der Waals surface area contributed by atoms with Gasteiger partial charge in [0.2, 0.25) is 0 Å². The van der Waals surface area contributed by atoms with E-state index in [1.807, 2.05) is 31.9 Å². The predicted octanol–water partition coefficient (Wildman–Crippen LogP) is 2.76. The van der Waals surface area contributed by atoms with Gasteiger partial charge < -0.3 is 10.6 Å². The van der Waals surface area contributed by atoms with Crippen molar-refractivity contribution in [2.24, 2.45) is 5.73 Å². The van der Waals surface area contributed by atoms with Gasteiger partial charge in [-0.1, -0.05) is 17.7 Å². The van der Waals surface area contributed by atoms with Crippen molar-refractivity contribution in [3.63, 3.8) is 0 Å². The lowest BCUT2D eigenvalue weighted by Gasteiger charge is -2.23. The van der Waals surface area contributed by atoms with Crippen molar-refractivity contribution in [1.82, 2.24) is 10.2 Å². The third-order valence-corrected chi connectivity index (χ3v) is 3.74. The van der Waals surface area contributed by atoms with Crippen LogP contribution in [0.25, 0.3) is 0 Å². The normalized spacial score (nSPS) is 10.5. The average Bonchev–Trinajstić information content (AvgIpc) is 2.40. The summed E-state index contributed by atoms with van der Waals surface area (Å²) in [4.78, 5) is 1.94. The van der Waals surface area contributed by atoms with Gasteiger partial charge in [-0.2, -0.15) is 5.10 Å². The summed E-state index contributed by atoms with van der Waals surface area (Å²) in [6.07, 6.45) is 0. The number of nitrogens with zero attached hydrogens (tertiary/aromatic N) is 3. The summed E-state index contributed by atoms with van der Waals surface area (Å²) in [6.45, 7) is 7.91. The number of nitrogens with two attached hydrogens (primary N) is 1. The molecule has 0 fully saturated rings. The molecule has 1 aromatic carbocycles. The van der Waals surface area contributed by atoms with Gasteiger partial charge in [-0.15, -0.1) is 5.10 Å². The minimum Gasteiger partial charge on any atom is -0.384 e. The van der Waals surface area contributed by atoms with E-state index < -0.39 is 0 Å². The fraction of sp³-hybridized carbons (Fsp3) is 0.312. The Kier molecular flexibility index (Phi) is 3.93. The zero-order valence-corrected chi connectivity index (χ0v) is 13.2. The van der Waals surface area contributed by atoms with Gasteiger partial charge in [0.05, 0.1) is 11.3 Å². The Labute approximate surface area is 125 Å². The summed E-state index contributed by atoms with van der Waals surface area (Å²) >= 11 is 0. The fourth-order valence-electron chi connectivity index (χ4n) is 2.45. The maximum Gasteiger partial charge on any atom is 0.166 e. The topological polar surface area (TPSA) is 78.9 Å². The average molecular weight is 283 g/mol. The Morgan fingerprint density at radius 2 is 1.81 bits per heavy atom. The number of hydrogen-bond acceptors (Lipinski definition) is 4. The quantitative estimate of drug-likeness (QED) is 0.670. The standard InChI is InChI=1S/C16H21N5/c1-9-6-7-13(10(2)8-9)21(5)16-14(15(17)18)11(3)12(4)19-20-16/h6-8H,1-5H3,(H3,17,18). The van der Waals surface area contributed by atoms with Gasteiger partial charge >= 0.3 is 0 Å². The Balaban J connectivity index is 2.61. The summed E-state index contributed by atoms with van der Waals surface area (Å²) in [5.41, 5.74) is 11.5. The second-order valence-electron chi connectivity index (χ2n) is 5.37. The molecule has 1 aromatic heterocycles. The van der Waals surface area contributed by atoms with Crippen molar-refractivity contribution < 1.29 is 0 Å². The van der Waals surface area contributed by atoms with E-state index >= 15 is 0 Å². The van der Waals surface area contributed by atoms with Crippen molar-refractivity contribution in [2.75, 3.05) is 11.9 Å². The molecule has 2 aromatic rings. The van der Waals surface area contributed by atoms with Crippen LogP contribution in [0, 0.1) is 33.1 Å². The number of rotatable bonds is 3. The lowest BCUT2D eigenvalue weighted by Crippen LogP contribution is -2.23. The van der Waals surface area contributed by atoms with E-state index in [2.05, 4.69) is 36.2 Å². The van der Waals surface area contributed by atoms with Gasteiger partial charge in [0.1, 0.15) is 5.84 Å². The summed E-state index contributed by atoms with van der Waals surface area (Å²) in [5, 5.41) is 16.3. The maximum absolute atomic E-state index is 7.84. The van der Waals surface area contributed by atoms with Crippen molar-refractivity contribution in [3.05, 3.63) is 46.1 Å². The Morgan fingerprint density at radius 1 is 1.14 bits per heavy atom. The van der Waals surface area contributed by atoms with Gasteiger partial charge in [0, 0.05) is 12.7 Å². The van der Waals surface area contributed by atoms with Crippen molar-refractivity contribution >= 4 is 17.3 Å². The van der Waals surface area contributed by atoms with Crippen LogP contribution in [0.3, 0.4) is 0 Å². The van der Waals surface area contributed by atoms with E-state index in [-0.39, 0.29) is 5.84 Å². The largest absolute Gasteiger partial charge is 0.384 e. The first-order chi connectivity index (χ1) is 9.82. The number of amidine groups is 1. The number of aromatic nitrogens is 2. The molecule has 5 nitrogen and oxygen atoms in total. The minimum absolute atomic E-state index is 0.0112. The van der Waals surface area contributed by atoms with Crippen LogP contribution in [0.4, 0.5) is 11.5 Å². The monoisotopic (exact) mass is 283 g/mol. The van der Waals surface area contributed by atoms with E-state index in [4.69, 9.17) is 11.1 Å². The van der Waals surface area contributed by atoms with Gasteiger partial charge in [0.25, 0.3) is 0 Å². The van der Waals surface area contributed by atoms with Gasteiger partial charge in [-0.3, -0.25) is 5.41 Å². The number of aryl methyl sites for hydroxylation is 3. The molecule has 1 heterocycles. The van der Waals surface area contributed by atoms with Crippen molar-refractivity contribution in [3.8, 4) is 0 Å². The van der Waals surface area contributed by atoms with Crippen LogP contribution < -0.4 is 10.6 Å². The van der Waals surface area contributed by atoms with E-state index in [1.54, 1.807) is 0 Å². The van der Waals surface area contributed by atoms with Gasteiger partial charge in [-0.05, 0) is 44.9 Å². The molecule has 0 radical (unpaired) electrons. The lowest BCUT2D eigenvalue weighted by molar-refractivity contribution is 0.928. The second kappa shape index (κ2) is 5.52. The highest BCUT2D eigenvalue weighted by Gasteiger charge is 2.19. The van der Waals surface area contributed by atoms with Gasteiger partial charge in [0.15, 0.2) is 5.82 Å². The lowest BCUT2D eigenvalue weighted by atomic mass is 10.1. The van der Waals surface area contributed by atoms with Crippen LogP contribution in [0.1, 0.15) is 27.9 Å². The molecule has 0 aliphatic carbocycles. The highest BCUT2D eigenvalue weighted by atomic mass is 15.3. The molecule has 0 amide bonds. The van der Waals surface area contributed by atoms with Crippen LogP contribution in [0.2, 0.25) is 0 Å². The molecule has 0 aliphatic heterocycles. The highest BCUT2D eigenvalue weighted by Crippen LogP contribution is 2.29. The van der Waals surface area contributed by atoms with E-state index in [9.17, 15) is 0 Å². The first-order valence-corrected chi connectivity index (χ1v) is 6.82. The molecule has 0 saturated carbocycles. The Bertz CT molecular complexity index is 706. The Hall–Kier alpha value is -2.43. The number of nitrogen functional groups attached to an aromatic ring is 1. The third-order valence-electron chi connectivity index (χ3n) is 3.74. The molecule has 0 aliphatic rings. The van der Waals surface area contributed by atoms with Crippen LogP contribution >= 0.6 is 0 Å². The second-order valence-corrected chi connectivity index (χ2v) is 5.37. The van der Waals surface area contributed by atoms with Crippen LogP contribution in [0.5, 0.6) is 0 Å². The highest BCUT2D eigenvalue weighted by molar-refractivity contribution is 6.01. The first-order valence-electron chi connectivity index (χ1n) is 6.82. The van der Waals surface area contributed by atoms with Crippen molar-refractivity contribution in [1.29, 1.82) is 5.41 Å².